The van der Waals surface area contributed by atoms with Crippen LogP contribution < -0.4 is 0 Å². The number of aliphatic carboxylic acids is 1. The fraction of sp³-hybridized carbons (Fsp3) is 0.481. The number of carbonyl (C=O) groups is 2. The number of alkyl halides is 7. The number of rotatable bonds is 6. The molecule has 1 amide bonds. The Morgan fingerprint density at radius 1 is 0.786 bits per heavy atom. The van der Waals surface area contributed by atoms with Crippen molar-refractivity contribution in [3.63, 3.8) is 0 Å². The first-order valence-electron chi connectivity index (χ1n) is 12.7. The van der Waals surface area contributed by atoms with Crippen LogP contribution in [0.15, 0.2) is 53.4 Å². The lowest BCUT2D eigenvalue weighted by atomic mass is 9.57. The number of carboxylic acid groups (broad SMARTS) is 1. The first-order chi connectivity index (χ1) is 19.3. The molecule has 6 nitrogen and oxygen atoms in total. The number of amides is 1. The van der Waals surface area contributed by atoms with Gasteiger partial charge in [0.05, 0.1) is 10.8 Å². The maximum Gasteiger partial charge on any atom is 0.435 e. The monoisotopic (exact) mass is 625 g/mol. The predicted octanol–water partition coefficient (Wildman–Crippen LogP) is 5.52. The standard InChI is InChI=1S/C27H23F8NO5S/c28-19-5-7-20(8-6-19)42(40,41)24(17-1-3-18(4-2-17)25(29,26(30,31)32)27(33,34)35)11-15(12-24)21(37)36-13-23(14-36)9-16(10-23)22(38)39/h1-8,15-16H,9-14H2,(H,38,39). The van der Waals surface area contributed by atoms with Crippen LogP contribution in [-0.2, 0) is 29.8 Å². The second-order valence-electron chi connectivity index (χ2n) is 11.4. The lowest BCUT2D eigenvalue weighted by Crippen LogP contribution is -2.66. The van der Waals surface area contributed by atoms with E-state index in [1.54, 1.807) is 0 Å². The molecule has 1 spiro atoms. The highest BCUT2D eigenvalue weighted by molar-refractivity contribution is 7.92. The number of hydrogen-bond acceptors (Lipinski definition) is 4. The predicted molar refractivity (Wildman–Crippen MR) is 129 cm³/mol. The smallest absolute Gasteiger partial charge is 0.435 e. The zero-order valence-electron chi connectivity index (χ0n) is 21.5. The summed E-state index contributed by atoms with van der Waals surface area (Å²) in [5.41, 5.74) is -8.08. The van der Waals surface area contributed by atoms with Crippen LogP contribution in [0.5, 0.6) is 0 Å². The molecule has 15 heteroatoms. The Morgan fingerprint density at radius 3 is 1.74 bits per heavy atom. The molecule has 2 aromatic carbocycles. The molecule has 2 aliphatic carbocycles. The maximum atomic E-state index is 14.6. The summed E-state index contributed by atoms with van der Waals surface area (Å²) in [5, 5.41) is 9.10. The highest BCUT2D eigenvalue weighted by Gasteiger charge is 2.73. The zero-order valence-corrected chi connectivity index (χ0v) is 22.3. The summed E-state index contributed by atoms with van der Waals surface area (Å²) in [4.78, 5) is 25.3. The van der Waals surface area contributed by atoms with E-state index in [2.05, 4.69) is 0 Å². The molecule has 3 aliphatic rings. The van der Waals surface area contributed by atoms with Crippen molar-refractivity contribution in [2.75, 3.05) is 13.1 Å². The first-order valence-corrected chi connectivity index (χ1v) is 14.2. The highest BCUT2D eigenvalue weighted by Crippen LogP contribution is 2.58. The van der Waals surface area contributed by atoms with Crippen molar-refractivity contribution in [1.82, 2.24) is 4.90 Å². The molecule has 1 saturated heterocycles. The van der Waals surface area contributed by atoms with Crippen molar-refractivity contribution in [3.8, 4) is 0 Å². The Morgan fingerprint density at radius 2 is 1.29 bits per heavy atom. The SMILES string of the molecule is O=C(O)C1CC2(C1)CN(C(=O)C1CC(c3ccc(C(F)(C(F)(F)F)C(F)(F)F)cc3)(S(=O)(=O)c3ccc(F)cc3)C1)C2. The quantitative estimate of drug-likeness (QED) is 0.338. The second kappa shape index (κ2) is 9.38. The Bertz CT molecular complexity index is 1490. The molecule has 0 unspecified atom stereocenters. The summed E-state index contributed by atoms with van der Waals surface area (Å²) < 4.78 is 133. The molecular formula is C27H23F8NO5S. The van der Waals surface area contributed by atoms with E-state index in [9.17, 15) is 53.1 Å². The normalized spacial score (nSPS) is 24.5. The van der Waals surface area contributed by atoms with E-state index in [0.717, 1.165) is 24.3 Å². The number of sulfone groups is 1. The fourth-order valence-electron chi connectivity index (χ4n) is 6.45. The summed E-state index contributed by atoms with van der Waals surface area (Å²) in [6.07, 6.45) is -12.7. The summed E-state index contributed by atoms with van der Waals surface area (Å²) >= 11 is 0. The Labute approximate surface area is 234 Å². The van der Waals surface area contributed by atoms with Gasteiger partial charge in [-0.1, -0.05) is 24.3 Å². The van der Waals surface area contributed by atoms with Gasteiger partial charge in [-0.05, 0) is 55.5 Å². The van der Waals surface area contributed by atoms with Crippen LogP contribution in [0.3, 0.4) is 0 Å². The lowest BCUT2D eigenvalue weighted by Gasteiger charge is -2.59. The average Bonchev–Trinajstić information content (AvgIpc) is 2.80. The Hall–Kier alpha value is -3.23. The molecule has 3 fully saturated rings. The molecule has 0 bridgehead atoms. The van der Waals surface area contributed by atoms with Crippen molar-refractivity contribution in [2.45, 2.75) is 53.3 Å². The van der Waals surface area contributed by atoms with Crippen LogP contribution in [-0.4, -0.2) is 55.7 Å². The average molecular weight is 626 g/mol. The molecule has 2 aromatic rings. The third-order valence-corrected chi connectivity index (χ3v) is 11.3. The largest absolute Gasteiger partial charge is 0.481 e. The molecule has 1 N–H and O–H groups in total. The van der Waals surface area contributed by atoms with E-state index in [-0.39, 0.29) is 53.9 Å². The van der Waals surface area contributed by atoms with Crippen LogP contribution in [0.2, 0.25) is 0 Å². The number of likely N-dealkylation sites (tertiary alicyclic amines) is 1. The fourth-order valence-corrected chi connectivity index (χ4v) is 8.68. The molecule has 2 saturated carbocycles. The van der Waals surface area contributed by atoms with Gasteiger partial charge in [0.1, 0.15) is 10.6 Å². The molecule has 1 heterocycles. The molecule has 1 aliphatic heterocycles. The van der Waals surface area contributed by atoms with Gasteiger partial charge >= 0.3 is 24.0 Å². The minimum Gasteiger partial charge on any atom is -0.481 e. The third-order valence-electron chi connectivity index (χ3n) is 8.80. The third kappa shape index (κ3) is 4.37. The van der Waals surface area contributed by atoms with Gasteiger partial charge in [-0.15, -0.1) is 0 Å². The molecule has 0 radical (unpaired) electrons. The van der Waals surface area contributed by atoms with Gasteiger partial charge in [-0.3, -0.25) is 9.59 Å². The van der Waals surface area contributed by atoms with Gasteiger partial charge in [-0.25, -0.2) is 17.2 Å². The molecule has 0 aromatic heterocycles. The number of nitrogens with zero attached hydrogens (tertiary/aromatic N) is 1. The molecule has 42 heavy (non-hydrogen) atoms. The van der Waals surface area contributed by atoms with Crippen LogP contribution in [0, 0.1) is 23.1 Å². The van der Waals surface area contributed by atoms with Gasteiger partial charge in [-0.2, -0.15) is 26.3 Å². The number of hydrogen-bond donors (Lipinski definition) is 1. The van der Waals surface area contributed by atoms with Gasteiger partial charge in [0.15, 0.2) is 9.84 Å². The Balaban J connectivity index is 1.44. The Kier molecular flexibility index (Phi) is 6.76. The highest BCUT2D eigenvalue weighted by atomic mass is 32.2. The number of carbonyl (C=O) groups excluding carboxylic acids is 1. The van der Waals surface area contributed by atoms with Crippen molar-refractivity contribution >= 4 is 21.7 Å². The first kappa shape index (κ1) is 30.2. The van der Waals surface area contributed by atoms with Gasteiger partial charge in [0.2, 0.25) is 5.91 Å². The molecule has 5 rings (SSSR count). The van der Waals surface area contributed by atoms with E-state index in [1.165, 1.54) is 4.90 Å². The van der Waals surface area contributed by atoms with Crippen LogP contribution in [0.25, 0.3) is 0 Å². The second-order valence-corrected chi connectivity index (χ2v) is 13.7. The molecular weight excluding hydrogens is 602 g/mol. The summed E-state index contributed by atoms with van der Waals surface area (Å²) in [6.45, 7) is 0.567. The summed E-state index contributed by atoms with van der Waals surface area (Å²) in [6, 6.07) is 5.40. The molecule has 0 atom stereocenters. The summed E-state index contributed by atoms with van der Waals surface area (Å²) in [7, 11) is -4.49. The minimum absolute atomic E-state index is 0.224. The van der Waals surface area contributed by atoms with E-state index in [0.29, 0.717) is 25.0 Å². The number of carboxylic acids is 1. The topological polar surface area (TPSA) is 91.8 Å². The lowest BCUT2D eigenvalue weighted by molar-refractivity contribution is -0.348. The van der Waals surface area contributed by atoms with Crippen LogP contribution >= 0.6 is 0 Å². The van der Waals surface area contributed by atoms with Gasteiger partial charge in [0, 0.05) is 30.0 Å². The van der Waals surface area contributed by atoms with Gasteiger partial charge < -0.3 is 10.0 Å². The van der Waals surface area contributed by atoms with Crippen LogP contribution in [0.4, 0.5) is 35.1 Å². The zero-order chi connectivity index (χ0) is 31.1. The number of halogens is 8. The van der Waals surface area contributed by atoms with Crippen molar-refractivity contribution in [2.24, 2.45) is 17.3 Å². The maximum absolute atomic E-state index is 14.6. The van der Waals surface area contributed by atoms with Crippen molar-refractivity contribution in [1.29, 1.82) is 0 Å². The van der Waals surface area contributed by atoms with Crippen LogP contribution in [0.1, 0.15) is 36.8 Å². The van der Waals surface area contributed by atoms with E-state index < -0.39 is 67.7 Å². The minimum atomic E-state index is -6.36. The van der Waals surface area contributed by atoms with Crippen molar-refractivity contribution < 1.29 is 58.2 Å². The van der Waals surface area contributed by atoms with E-state index >= 15 is 0 Å². The summed E-state index contributed by atoms with van der Waals surface area (Å²) in [5.74, 6) is -3.49. The van der Waals surface area contributed by atoms with E-state index in [1.807, 2.05) is 0 Å². The number of benzene rings is 2. The van der Waals surface area contributed by atoms with Gasteiger partial charge in [0.25, 0.3) is 0 Å². The molecule has 228 valence electrons. The van der Waals surface area contributed by atoms with E-state index in [4.69, 9.17) is 5.11 Å². The van der Waals surface area contributed by atoms with Crippen molar-refractivity contribution in [3.05, 3.63) is 65.5 Å².